The summed E-state index contributed by atoms with van der Waals surface area (Å²) < 4.78 is 3.51. The minimum absolute atomic E-state index is 0.0257. The molecule has 0 aromatic carbocycles. The highest BCUT2D eigenvalue weighted by atomic mass is 16.1. The Labute approximate surface area is 163 Å². The largest absolute Gasteiger partial charge is 0.291 e. The summed E-state index contributed by atoms with van der Waals surface area (Å²) >= 11 is 0. The molecule has 1 fully saturated rings. The van der Waals surface area contributed by atoms with Crippen molar-refractivity contribution in [3.63, 3.8) is 0 Å². The summed E-state index contributed by atoms with van der Waals surface area (Å²) in [5, 5.41) is 17.8. The third kappa shape index (κ3) is 3.22. The molecular formula is C20H25N7O. The Morgan fingerprint density at radius 1 is 1.11 bits per heavy atom. The van der Waals surface area contributed by atoms with Gasteiger partial charge in [-0.15, -0.1) is 10.2 Å². The first kappa shape index (κ1) is 17.5. The topological polar surface area (TPSA) is 81.2 Å². The van der Waals surface area contributed by atoms with Crippen molar-refractivity contribution < 1.29 is 0 Å². The van der Waals surface area contributed by atoms with Gasteiger partial charge in [0.15, 0.2) is 11.5 Å². The molecule has 1 saturated heterocycles. The summed E-state index contributed by atoms with van der Waals surface area (Å²) in [5.74, 6) is 0.844. The molecule has 1 unspecified atom stereocenters. The lowest BCUT2D eigenvalue weighted by atomic mass is 9.97. The molecule has 1 atom stereocenters. The van der Waals surface area contributed by atoms with E-state index in [1.54, 1.807) is 10.7 Å². The first-order chi connectivity index (χ1) is 13.7. The van der Waals surface area contributed by atoms with Crippen molar-refractivity contribution in [2.24, 2.45) is 0 Å². The van der Waals surface area contributed by atoms with Gasteiger partial charge in [0.25, 0.3) is 5.56 Å². The van der Waals surface area contributed by atoms with Crippen LogP contribution in [0.3, 0.4) is 0 Å². The molecule has 0 radical (unpaired) electrons. The van der Waals surface area contributed by atoms with Crippen molar-refractivity contribution in [3.8, 4) is 0 Å². The maximum atomic E-state index is 12.6. The van der Waals surface area contributed by atoms with Gasteiger partial charge in [0.05, 0.1) is 24.5 Å². The van der Waals surface area contributed by atoms with Crippen LogP contribution in [0.1, 0.15) is 48.5 Å². The lowest BCUT2D eigenvalue weighted by Gasteiger charge is -2.24. The van der Waals surface area contributed by atoms with E-state index in [-0.39, 0.29) is 11.6 Å². The monoisotopic (exact) mass is 379 g/mol. The van der Waals surface area contributed by atoms with E-state index in [1.165, 1.54) is 6.42 Å². The van der Waals surface area contributed by atoms with Gasteiger partial charge in [-0.25, -0.2) is 4.68 Å². The average Bonchev–Trinajstić information content (AvgIpc) is 3.30. The van der Waals surface area contributed by atoms with E-state index in [4.69, 9.17) is 5.10 Å². The normalized spacial score (nSPS) is 20.0. The van der Waals surface area contributed by atoms with Crippen LogP contribution in [0.15, 0.2) is 23.0 Å². The zero-order valence-electron chi connectivity index (χ0n) is 16.2. The van der Waals surface area contributed by atoms with E-state index < -0.39 is 0 Å². The number of aryl methyl sites for hydroxylation is 3. The number of likely N-dealkylation sites (tertiary alicyclic amines) is 1. The van der Waals surface area contributed by atoms with Crippen molar-refractivity contribution in [1.29, 1.82) is 0 Å². The number of fused-ring (bicyclic) bond motifs is 2. The predicted molar refractivity (Wildman–Crippen MR) is 104 cm³/mol. The molecule has 146 valence electrons. The van der Waals surface area contributed by atoms with Crippen LogP contribution in [0.2, 0.25) is 0 Å². The number of hydrogen-bond donors (Lipinski definition) is 0. The second-order valence-electron chi connectivity index (χ2n) is 7.97. The Balaban J connectivity index is 1.37. The molecule has 1 aliphatic heterocycles. The first-order valence-corrected chi connectivity index (χ1v) is 10.2. The van der Waals surface area contributed by atoms with Crippen LogP contribution < -0.4 is 5.56 Å². The Hall–Kier alpha value is -2.61. The number of rotatable bonds is 4. The molecular weight excluding hydrogens is 354 g/mol. The molecule has 0 bridgehead atoms. The Morgan fingerprint density at radius 3 is 2.93 bits per heavy atom. The van der Waals surface area contributed by atoms with Gasteiger partial charge in [-0.1, -0.05) is 0 Å². The van der Waals surface area contributed by atoms with Gasteiger partial charge in [0.2, 0.25) is 0 Å². The van der Waals surface area contributed by atoms with Gasteiger partial charge in [0, 0.05) is 12.1 Å². The van der Waals surface area contributed by atoms with E-state index in [1.807, 2.05) is 23.6 Å². The minimum atomic E-state index is 0.0257. The van der Waals surface area contributed by atoms with Crippen molar-refractivity contribution in [2.45, 2.75) is 64.6 Å². The maximum Gasteiger partial charge on any atom is 0.267 e. The second-order valence-corrected chi connectivity index (χ2v) is 7.97. The lowest BCUT2D eigenvalue weighted by molar-refractivity contribution is 0.210. The van der Waals surface area contributed by atoms with Gasteiger partial charge in [-0.05, 0) is 69.7 Å². The molecule has 1 aliphatic carbocycles. The first-order valence-electron chi connectivity index (χ1n) is 10.2. The molecule has 0 saturated carbocycles. The van der Waals surface area contributed by atoms with E-state index >= 15 is 0 Å². The number of nitrogens with zero attached hydrogens (tertiary/aromatic N) is 7. The van der Waals surface area contributed by atoms with Crippen molar-refractivity contribution >= 4 is 5.65 Å². The maximum absolute atomic E-state index is 12.6. The second kappa shape index (κ2) is 7.09. The van der Waals surface area contributed by atoms with Crippen LogP contribution in [0.4, 0.5) is 0 Å². The molecule has 5 rings (SSSR count). The minimum Gasteiger partial charge on any atom is -0.291 e. The SMILES string of the molecule is Cc1ccc2nnc(CN3CCCC3Cn3nc4c(cc3=O)CCCC4)n2n1. The van der Waals surface area contributed by atoms with Gasteiger partial charge in [0.1, 0.15) is 0 Å². The summed E-state index contributed by atoms with van der Waals surface area (Å²) in [4.78, 5) is 14.9. The molecule has 8 nitrogen and oxygen atoms in total. The van der Waals surface area contributed by atoms with Gasteiger partial charge in [-0.3, -0.25) is 9.69 Å². The van der Waals surface area contributed by atoms with E-state index in [9.17, 15) is 4.79 Å². The molecule has 3 aromatic rings. The summed E-state index contributed by atoms with van der Waals surface area (Å²) in [7, 11) is 0. The van der Waals surface area contributed by atoms with E-state index in [0.717, 1.165) is 67.1 Å². The molecule has 0 N–H and O–H groups in total. The number of hydrogen-bond acceptors (Lipinski definition) is 6. The lowest BCUT2D eigenvalue weighted by Crippen LogP contribution is -2.38. The highest BCUT2D eigenvalue weighted by Crippen LogP contribution is 2.22. The van der Waals surface area contributed by atoms with Crippen LogP contribution >= 0.6 is 0 Å². The van der Waals surface area contributed by atoms with Crippen LogP contribution in [0.25, 0.3) is 5.65 Å². The third-order valence-corrected chi connectivity index (χ3v) is 5.96. The highest BCUT2D eigenvalue weighted by Gasteiger charge is 2.27. The van der Waals surface area contributed by atoms with Gasteiger partial charge in [-0.2, -0.15) is 14.7 Å². The molecule has 28 heavy (non-hydrogen) atoms. The fourth-order valence-corrected chi connectivity index (χ4v) is 4.45. The third-order valence-electron chi connectivity index (χ3n) is 5.96. The van der Waals surface area contributed by atoms with E-state index in [2.05, 4.69) is 20.2 Å². The van der Waals surface area contributed by atoms with Crippen LogP contribution in [-0.2, 0) is 25.9 Å². The highest BCUT2D eigenvalue weighted by molar-refractivity contribution is 5.36. The van der Waals surface area contributed by atoms with Crippen LogP contribution in [-0.4, -0.2) is 47.1 Å². The number of aromatic nitrogens is 6. The summed E-state index contributed by atoms with van der Waals surface area (Å²) in [6, 6.07) is 5.97. The van der Waals surface area contributed by atoms with E-state index in [0.29, 0.717) is 13.1 Å². The van der Waals surface area contributed by atoms with Crippen molar-refractivity contribution in [2.75, 3.05) is 6.54 Å². The quantitative estimate of drug-likeness (QED) is 0.684. The van der Waals surface area contributed by atoms with Crippen LogP contribution in [0, 0.1) is 6.92 Å². The van der Waals surface area contributed by atoms with Crippen molar-refractivity contribution in [1.82, 2.24) is 34.5 Å². The fraction of sp³-hybridized carbons (Fsp3) is 0.550. The van der Waals surface area contributed by atoms with Crippen molar-refractivity contribution in [3.05, 3.63) is 51.3 Å². The van der Waals surface area contributed by atoms with Gasteiger partial charge < -0.3 is 0 Å². The Bertz CT molecular complexity index is 1070. The molecule has 2 aliphatic rings. The molecule has 0 spiro atoms. The summed E-state index contributed by atoms with van der Waals surface area (Å²) in [6.45, 7) is 4.28. The molecule has 4 heterocycles. The predicted octanol–water partition coefficient (Wildman–Crippen LogP) is 1.53. The zero-order valence-corrected chi connectivity index (χ0v) is 16.2. The standard InChI is InChI=1S/C20H25N7O/c1-14-8-9-18-21-22-19(27(18)23-14)13-25-10-4-6-16(25)12-26-20(28)11-15-5-2-3-7-17(15)24-26/h8-9,11,16H,2-7,10,12-13H2,1H3. The summed E-state index contributed by atoms with van der Waals surface area (Å²) in [6.07, 6.45) is 6.48. The molecule has 0 amide bonds. The Morgan fingerprint density at radius 2 is 2.00 bits per heavy atom. The van der Waals surface area contributed by atoms with Gasteiger partial charge >= 0.3 is 0 Å². The zero-order chi connectivity index (χ0) is 19.1. The fourth-order valence-electron chi connectivity index (χ4n) is 4.45. The van der Waals surface area contributed by atoms with Crippen LogP contribution in [0.5, 0.6) is 0 Å². The average molecular weight is 379 g/mol. The molecule has 8 heteroatoms. The molecule has 3 aromatic heterocycles. The summed E-state index contributed by atoms with van der Waals surface area (Å²) in [5.41, 5.74) is 3.99. The smallest absolute Gasteiger partial charge is 0.267 e. The Kier molecular flexibility index (Phi) is 4.43.